The van der Waals surface area contributed by atoms with E-state index in [1.165, 1.54) is 6.92 Å². The van der Waals surface area contributed by atoms with Crippen molar-refractivity contribution in [2.24, 2.45) is 5.41 Å². The molecule has 0 rings (SSSR count). The summed E-state index contributed by atoms with van der Waals surface area (Å²) >= 11 is 0. The van der Waals surface area contributed by atoms with Crippen LogP contribution in [0.25, 0.3) is 0 Å². The summed E-state index contributed by atoms with van der Waals surface area (Å²) in [5, 5.41) is 2.45. The van der Waals surface area contributed by atoms with E-state index in [4.69, 9.17) is 0 Å². The van der Waals surface area contributed by atoms with Crippen LogP contribution >= 0.6 is 0 Å². The van der Waals surface area contributed by atoms with E-state index in [2.05, 4.69) is 15.5 Å². The second kappa shape index (κ2) is 6.49. The molecule has 1 N–H and O–H groups in total. The Morgan fingerprint density at radius 2 is 1.79 bits per heavy atom. The van der Waals surface area contributed by atoms with Crippen LogP contribution in [0.15, 0.2) is 12.7 Å². The largest absolute Gasteiger partial charge is 0.352 e. The van der Waals surface area contributed by atoms with Gasteiger partial charge in [-0.3, -0.25) is 4.79 Å². The summed E-state index contributed by atoms with van der Waals surface area (Å²) in [5.41, 5.74) is -0.874. The Morgan fingerprint density at radius 3 is 2.21 bits per heavy atom. The fourth-order valence-electron chi connectivity index (χ4n) is 1.16. The summed E-state index contributed by atoms with van der Waals surface area (Å²) in [6, 6.07) is 0. The lowest BCUT2D eigenvalue weighted by Crippen LogP contribution is -2.38. The van der Waals surface area contributed by atoms with E-state index in [1.807, 2.05) is 0 Å². The van der Waals surface area contributed by atoms with Crippen molar-refractivity contribution in [2.45, 2.75) is 20.8 Å². The minimum Gasteiger partial charge on any atom is -0.352 e. The summed E-state index contributed by atoms with van der Waals surface area (Å²) < 4.78 is 49.6. The predicted octanol–water partition coefficient (Wildman–Crippen LogP) is 0.0109. The van der Waals surface area contributed by atoms with Gasteiger partial charge in [-0.15, -0.1) is 3.63 Å². The van der Waals surface area contributed by atoms with Crippen molar-refractivity contribution < 1.29 is 25.3 Å². The fourth-order valence-corrected chi connectivity index (χ4v) is 4.06. The highest BCUT2D eigenvalue weighted by molar-refractivity contribution is 7.99. The molecule has 0 fully saturated rings. The van der Waals surface area contributed by atoms with Crippen LogP contribution in [0, 0.1) is 5.41 Å². The molecule has 19 heavy (non-hydrogen) atoms. The highest BCUT2D eigenvalue weighted by atomic mass is 32.3. The van der Waals surface area contributed by atoms with Gasteiger partial charge in [0.25, 0.3) is 20.2 Å². The zero-order valence-electron chi connectivity index (χ0n) is 11.2. The van der Waals surface area contributed by atoms with Crippen molar-refractivity contribution in [3.63, 3.8) is 0 Å². The molecular formula is C10H19NO6S2. The van der Waals surface area contributed by atoms with E-state index in [-0.39, 0.29) is 6.54 Å². The maximum atomic E-state index is 11.6. The lowest BCUT2D eigenvalue weighted by atomic mass is 9.96. The van der Waals surface area contributed by atoms with Crippen LogP contribution in [-0.4, -0.2) is 40.8 Å². The van der Waals surface area contributed by atoms with Crippen LogP contribution in [-0.2, 0) is 28.7 Å². The van der Waals surface area contributed by atoms with E-state index in [9.17, 15) is 21.6 Å². The number of carbonyl (C=O) groups excluding carboxylic acids is 1. The Kier molecular flexibility index (Phi) is 6.17. The molecule has 0 aromatic heterocycles. The molecule has 0 radical (unpaired) electrons. The Hall–Kier alpha value is -0.930. The first-order valence-electron chi connectivity index (χ1n) is 5.50. The molecule has 0 aliphatic rings. The molecule has 0 aliphatic carbocycles. The number of amides is 1. The summed E-state index contributed by atoms with van der Waals surface area (Å²) in [7, 11) is -8.31. The standard InChI is InChI=1S/C10H19NO6S2/c1-5-9(12)11-7-10(3,4)8-19(15,16)17-18(13,14)6-2/h5H,1,6-8H2,2-4H3,(H,11,12). The first-order chi connectivity index (χ1) is 8.43. The molecule has 0 unspecified atom stereocenters. The number of rotatable bonds is 8. The molecule has 0 saturated carbocycles. The van der Waals surface area contributed by atoms with E-state index < -0.39 is 43.1 Å². The summed E-state index contributed by atoms with van der Waals surface area (Å²) in [6.45, 7) is 7.72. The van der Waals surface area contributed by atoms with Gasteiger partial charge in [0.05, 0.1) is 11.5 Å². The molecule has 0 spiro atoms. The van der Waals surface area contributed by atoms with Gasteiger partial charge in [-0.05, 0) is 18.4 Å². The van der Waals surface area contributed by atoms with Gasteiger partial charge in [-0.2, -0.15) is 16.8 Å². The Bertz CT molecular complexity index is 532. The normalized spacial score (nSPS) is 13.0. The minimum atomic E-state index is -4.23. The second-order valence-electron chi connectivity index (χ2n) is 4.70. The van der Waals surface area contributed by atoms with E-state index in [0.29, 0.717) is 0 Å². The quantitative estimate of drug-likeness (QED) is 0.633. The molecule has 7 nitrogen and oxygen atoms in total. The topological polar surface area (TPSA) is 107 Å². The predicted molar refractivity (Wildman–Crippen MR) is 71.3 cm³/mol. The zero-order valence-corrected chi connectivity index (χ0v) is 12.8. The molecule has 112 valence electrons. The van der Waals surface area contributed by atoms with Gasteiger partial charge in [0.2, 0.25) is 5.91 Å². The van der Waals surface area contributed by atoms with E-state index >= 15 is 0 Å². The first kappa shape index (κ1) is 18.1. The number of hydrogen-bond acceptors (Lipinski definition) is 6. The number of nitrogens with one attached hydrogen (secondary N) is 1. The second-order valence-corrected chi connectivity index (χ2v) is 8.34. The van der Waals surface area contributed by atoms with Gasteiger partial charge in [-0.1, -0.05) is 20.4 Å². The summed E-state index contributed by atoms with van der Waals surface area (Å²) in [5.74, 6) is -1.40. The van der Waals surface area contributed by atoms with Crippen LogP contribution in [0.2, 0.25) is 0 Å². The fraction of sp³-hybridized carbons (Fsp3) is 0.700. The van der Waals surface area contributed by atoms with Crippen LogP contribution in [0.5, 0.6) is 0 Å². The van der Waals surface area contributed by atoms with E-state index in [0.717, 1.165) is 6.08 Å². The zero-order chi connectivity index (χ0) is 15.3. The molecule has 0 aliphatic heterocycles. The third-order valence-electron chi connectivity index (χ3n) is 2.05. The SMILES string of the molecule is C=CC(=O)NCC(C)(C)CS(=O)(=O)OS(=O)(=O)CC. The summed E-state index contributed by atoms with van der Waals surface area (Å²) in [6.07, 6.45) is 1.06. The Balaban J connectivity index is 4.73. The van der Waals surface area contributed by atoms with Gasteiger partial charge < -0.3 is 5.32 Å². The van der Waals surface area contributed by atoms with Crippen LogP contribution in [0.1, 0.15) is 20.8 Å². The highest BCUT2D eigenvalue weighted by Crippen LogP contribution is 2.19. The highest BCUT2D eigenvalue weighted by Gasteiger charge is 2.30. The monoisotopic (exact) mass is 313 g/mol. The van der Waals surface area contributed by atoms with Crippen molar-refractivity contribution in [1.82, 2.24) is 5.32 Å². The summed E-state index contributed by atoms with van der Waals surface area (Å²) in [4.78, 5) is 11.0. The van der Waals surface area contributed by atoms with E-state index in [1.54, 1.807) is 13.8 Å². The van der Waals surface area contributed by atoms with Crippen molar-refractivity contribution >= 4 is 26.1 Å². The Labute approximate surface area is 114 Å². The van der Waals surface area contributed by atoms with Gasteiger partial charge in [0, 0.05) is 6.54 Å². The molecular weight excluding hydrogens is 294 g/mol. The molecule has 0 aromatic carbocycles. The molecule has 0 saturated heterocycles. The average Bonchev–Trinajstić information content (AvgIpc) is 2.23. The third kappa shape index (κ3) is 7.96. The minimum absolute atomic E-state index is 0.0482. The molecule has 0 atom stereocenters. The Morgan fingerprint density at radius 1 is 1.26 bits per heavy atom. The van der Waals surface area contributed by atoms with Crippen molar-refractivity contribution in [3.05, 3.63) is 12.7 Å². The van der Waals surface area contributed by atoms with Gasteiger partial charge >= 0.3 is 0 Å². The smallest absolute Gasteiger partial charge is 0.282 e. The van der Waals surface area contributed by atoms with Gasteiger partial charge in [0.15, 0.2) is 0 Å². The molecule has 9 heteroatoms. The first-order valence-corrected chi connectivity index (χ1v) is 8.65. The van der Waals surface area contributed by atoms with Crippen molar-refractivity contribution in [1.29, 1.82) is 0 Å². The third-order valence-corrected chi connectivity index (χ3v) is 5.56. The van der Waals surface area contributed by atoms with Crippen LogP contribution < -0.4 is 5.32 Å². The number of hydrogen-bond donors (Lipinski definition) is 1. The van der Waals surface area contributed by atoms with Crippen LogP contribution in [0.3, 0.4) is 0 Å². The molecule has 1 amide bonds. The molecule has 0 heterocycles. The lowest BCUT2D eigenvalue weighted by Gasteiger charge is -2.23. The average molecular weight is 313 g/mol. The molecule has 0 bridgehead atoms. The molecule has 0 aromatic rings. The van der Waals surface area contributed by atoms with Crippen LogP contribution in [0.4, 0.5) is 0 Å². The van der Waals surface area contributed by atoms with Crippen molar-refractivity contribution in [2.75, 3.05) is 18.1 Å². The number of carbonyl (C=O) groups is 1. The van der Waals surface area contributed by atoms with Gasteiger partial charge in [0.1, 0.15) is 0 Å². The van der Waals surface area contributed by atoms with Crippen molar-refractivity contribution in [3.8, 4) is 0 Å². The lowest BCUT2D eigenvalue weighted by molar-refractivity contribution is -0.116. The maximum absolute atomic E-state index is 11.6. The maximum Gasteiger partial charge on any atom is 0.282 e. The van der Waals surface area contributed by atoms with Gasteiger partial charge in [-0.25, -0.2) is 0 Å².